The lowest BCUT2D eigenvalue weighted by molar-refractivity contribution is 0.304. The number of anilines is 1. The van der Waals surface area contributed by atoms with Crippen molar-refractivity contribution in [1.82, 2.24) is 15.2 Å². The average Bonchev–Trinajstić information content (AvgIpc) is 2.22. The maximum atomic E-state index is 5.88. The van der Waals surface area contributed by atoms with Crippen molar-refractivity contribution in [3.8, 4) is 0 Å². The van der Waals surface area contributed by atoms with Gasteiger partial charge in [0, 0.05) is 6.54 Å². The van der Waals surface area contributed by atoms with Gasteiger partial charge < -0.3 is 5.32 Å². The molecule has 0 bridgehead atoms. The van der Waals surface area contributed by atoms with Crippen molar-refractivity contribution in [2.45, 2.75) is 27.7 Å². The molecule has 0 aliphatic carbocycles. The summed E-state index contributed by atoms with van der Waals surface area (Å²) in [5.74, 6) is 2.22. The molecule has 0 fully saturated rings. The molecule has 96 valence electrons. The fourth-order valence-corrected chi connectivity index (χ4v) is 2.13. The molecule has 0 aliphatic heterocycles. The largest absolute Gasteiger partial charge is 0.367 e. The molecule has 1 aromatic heterocycles. The normalized spacial score (nSPS) is 11.6. The van der Waals surface area contributed by atoms with Crippen LogP contribution in [0.4, 0.5) is 5.82 Å². The fourth-order valence-electron chi connectivity index (χ4n) is 1.86. The van der Waals surface area contributed by atoms with Gasteiger partial charge in [-0.15, -0.1) is 10.2 Å². The van der Waals surface area contributed by atoms with Crippen molar-refractivity contribution in [2.24, 2.45) is 17.8 Å². The molecule has 0 spiro atoms. The summed E-state index contributed by atoms with van der Waals surface area (Å²) < 4.78 is 0. The number of hydrogen-bond donors (Lipinski definition) is 1. The number of hydrogen-bond acceptors (Lipinski definition) is 4. The molecule has 1 rings (SSSR count). The average molecular weight is 277 g/mol. The lowest BCUT2D eigenvalue weighted by Gasteiger charge is -2.25. The molecule has 0 aromatic carbocycles. The van der Waals surface area contributed by atoms with Crippen LogP contribution in [-0.2, 0) is 0 Å². The standard InChI is InChI=1S/C11H18Cl2N4/c1-6(2)8(7(3)4)5-14-10-9(12)16-17-11(13)15-10/h6-8H,5H2,1-4H3,(H,14,15,17). The van der Waals surface area contributed by atoms with E-state index in [1.807, 2.05) is 0 Å². The van der Waals surface area contributed by atoms with Gasteiger partial charge in [0.1, 0.15) is 0 Å². The predicted octanol–water partition coefficient (Wildman–Crippen LogP) is 3.52. The van der Waals surface area contributed by atoms with Gasteiger partial charge in [0.05, 0.1) is 0 Å². The van der Waals surface area contributed by atoms with Gasteiger partial charge in [-0.2, -0.15) is 4.98 Å². The molecule has 4 nitrogen and oxygen atoms in total. The third-order valence-corrected chi connectivity index (χ3v) is 3.25. The molecular weight excluding hydrogens is 259 g/mol. The van der Waals surface area contributed by atoms with E-state index in [2.05, 4.69) is 48.2 Å². The number of aromatic nitrogens is 3. The summed E-state index contributed by atoms with van der Waals surface area (Å²) >= 11 is 11.6. The quantitative estimate of drug-likeness (QED) is 0.894. The fraction of sp³-hybridized carbons (Fsp3) is 0.727. The van der Waals surface area contributed by atoms with Gasteiger partial charge in [0.2, 0.25) is 5.28 Å². The molecule has 0 saturated carbocycles. The highest BCUT2D eigenvalue weighted by atomic mass is 35.5. The third-order valence-electron chi connectivity index (χ3n) is 2.84. The highest BCUT2D eigenvalue weighted by Gasteiger charge is 2.18. The van der Waals surface area contributed by atoms with Gasteiger partial charge in [-0.3, -0.25) is 0 Å². The first-order valence-electron chi connectivity index (χ1n) is 5.71. The molecule has 6 heteroatoms. The molecule has 17 heavy (non-hydrogen) atoms. The Morgan fingerprint density at radius 2 is 1.65 bits per heavy atom. The highest BCUT2D eigenvalue weighted by Crippen LogP contribution is 2.23. The SMILES string of the molecule is CC(C)C(CNc1nc(Cl)nnc1Cl)C(C)C. The molecule has 1 N–H and O–H groups in total. The van der Waals surface area contributed by atoms with E-state index >= 15 is 0 Å². The van der Waals surface area contributed by atoms with E-state index in [1.54, 1.807) is 0 Å². The molecule has 0 radical (unpaired) electrons. The molecule has 1 aromatic rings. The molecule has 0 amide bonds. The minimum atomic E-state index is 0.0996. The lowest BCUT2D eigenvalue weighted by Crippen LogP contribution is -2.25. The topological polar surface area (TPSA) is 50.7 Å². The number of halogens is 2. The summed E-state index contributed by atoms with van der Waals surface area (Å²) in [7, 11) is 0. The Bertz CT molecular complexity index is 360. The second-order valence-corrected chi connectivity index (χ2v) is 5.45. The zero-order valence-corrected chi connectivity index (χ0v) is 12.0. The van der Waals surface area contributed by atoms with Gasteiger partial charge in [-0.1, -0.05) is 39.3 Å². The molecule has 0 unspecified atom stereocenters. The van der Waals surface area contributed by atoms with Crippen molar-refractivity contribution in [3.05, 3.63) is 10.4 Å². The smallest absolute Gasteiger partial charge is 0.245 e. The zero-order valence-electron chi connectivity index (χ0n) is 10.5. The summed E-state index contributed by atoms with van der Waals surface area (Å²) in [5.41, 5.74) is 0. The second kappa shape index (κ2) is 6.36. The Balaban J connectivity index is 2.68. The first-order chi connectivity index (χ1) is 7.91. The van der Waals surface area contributed by atoms with E-state index in [9.17, 15) is 0 Å². The molecule has 1 heterocycles. The second-order valence-electron chi connectivity index (χ2n) is 4.75. The van der Waals surface area contributed by atoms with Crippen molar-refractivity contribution < 1.29 is 0 Å². The van der Waals surface area contributed by atoms with Crippen LogP contribution in [0.2, 0.25) is 10.4 Å². The summed E-state index contributed by atoms with van der Waals surface area (Å²) in [6.45, 7) is 9.63. The monoisotopic (exact) mass is 276 g/mol. The third kappa shape index (κ3) is 4.28. The molecule has 0 atom stereocenters. The van der Waals surface area contributed by atoms with Crippen LogP contribution < -0.4 is 5.32 Å². The Morgan fingerprint density at radius 3 is 2.18 bits per heavy atom. The van der Waals surface area contributed by atoms with Crippen LogP contribution in [0.25, 0.3) is 0 Å². The molecule has 0 saturated heterocycles. The van der Waals surface area contributed by atoms with Gasteiger partial charge in [-0.05, 0) is 29.4 Å². The predicted molar refractivity (Wildman–Crippen MR) is 71.5 cm³/mol. The Labute approximate surface area is 112 Å². The first-order valence-corrected chi connectivity index (χ1v) is 6.47. The van der Waals surface area contributed by atoms with Crippen LogP contribution in [0, 0.1) is 17.8 Å². The van der Waals surface area contributed by atoms with E-state index in [4.69, 9.17) is 23.2 Å². The van der Waals surface area contributed by atoms with Crippen LogP contribution in [-0.4, -0.2) is 21.7 Å². The van der Waals surface area contributed by atoms with Crippen LogP contribution in [0.3, 0.4) is 0 Å². The summed E-state index contributed by atoms with van der Waals surface area (Å²) in [5, 5.41) is 10.8. The van der Waals surface area contributed by atoms with Gasteiger partial charge in [0.15, 0.2) is 11.0 Å². The van der Waals surface area contributed by atoms with Gasteiger partial charge in [0.25, 0.3) is 0 Å². The van der Waals surface area contributed by atoms with E-state index < -0.39 is 0 Å². The van der Waals surface area contributed by atoms with Crippen LogP contribution in [0.1, 0.15) is 27.7 Å². The summed E-state index contributed by atoms with van der Waals surface area (Å²) in [6.07, 6.45) is 0. The van der Waals surface area contributed by atoms with E-state index in [0.29, 0.717) is 23.6 Å². The molecular formula is C11H18Cl2N4. The number of rotatable bonds is 5. The first kappa shape index (κ1) is 14.5. The van der Waals surface area contributed by atoms with E-state index in [-0.39, 0.29) is 10.4 Å². The molecule has 0 aliphatic rings. The van der Waals surface area contributed by atoms with Crippen molar-refractivity contribution in [1.29, 1.82) is 0 Å². The Hall–Kier alpha value is -0.610. The zero-order chi connectivity index (χ0) is 13.0. The highest BCUT2D eigenvalue weighted by molar-refractivity contribution is 6.32. The van der Waals surface area contributed by atoms with Crippen molar-refractivity contribution in [3.63, 3.8) is 0 Å². The van der Waals surface area contributed by atoms with E-state index in [1.165, 1.54) is 0 Å². The number of nitrogens with zero attached hydrogens (tertiary/aromatic N) is 3. The Morgan fingerprint density at radius 1 is 1.06 bits per heavy atom. The summed E-state index contributed by atoms with van der Waals surface area (Å²) in [4.78, 5) is 4.01. The van der Waals surface area contributed by atoms with Crippen molar-refractivity contribution >= 4 is 29.0 Å². The van der Waals surface area contributed by atoms with Gasteiger partial charge >= 0.3 is 0 Å². The van der Waals surface area contributed by atoms with Crippen molar-refractivity contribution in [2.75, 3.05) is 11.9 Å². The van der Waals surface area contributed by atoms with E-state index in [0.717, 1.165) is 6.54 Å². The van der Waals surface area contributed by atoms with Crippen LogP contribution in [0.5, 0.6) is 0 Å². The number of nitrogens with one attached hydrogen (secondary N) is 1. The lowest BCUT2D eigenvalue weighted by atomic mass is 9.85. The minimum absolute atomic E-state index is 0.0996. The van der Waals surface area contributed by atoms with Gasteiger partial charge in [-0.25, -0.2) is 0 Å². The summed E-state index contributed by atoms with van der Waals surface area (Å²) in [6, 6.07) is 0. The maximum absolute atomic E-state index is 5.88. The Kier molecular flexibility index (Phi) is 5.40. The van der Waals surface area contributed by atoms with Crippen LogP contribution >= 0.6 is 23.2 Å². The minimum Gasteiger partial charge on any atom is -0.367 e. The maximum Gasteiger partial charge on any atom is 0.245 e. The van der Waals surface area contributed by atoms with Crippen LogP contribution in [0.15, 0.2) is 0 Å².